The van der Waals surface area contributed by atoms with Crippen LogP contribution in [0.4, 0.5) is 4.39 Å². The molecule has 0 bridgehead atoms. The summed E-state index contributed by atoms with van der Waals surface area (Å²) in [5, 5.41) is 0. The third kappa shape index (κ3) is 4.27. The molecule has 19 heavy (non-hydrogen) atoms. The molecule has 0 amide bonds. The number of hydrogen-bond donors (Lipinski definition) is 1. The van der Waals surface area contributed by atoms with E-state index in [1.165, 1.54) is 12.1 Å². The topological polar surface area (TPSA) is 38.5 Å². The molecule has 1 saturated heterocycles. The highest BCUT2D eigenvalue weighted by molar-refractivity contribution is 5.19. The second-order valence-electron chi connectivity index (χ2n) is 5.22. The summed E-state index contributed by atoms with van der Waals surface area (Å²) in [6.45, 7) is 3.15. The molecule has 2 rings (SSSR count). The van der Waals surface area contributed by atoms with Crippen LogP contribution in [0.15, 0.2) is 24.3 Å². The Bertz CT molecular complexity index is 374. The minimum Gasteiger partial charge on any atom is -0.381 e. The number of rotatable bonds is 5. The molecule has 1 aliphatic heterocycles. The maximum atomic E-state index is 12.8. The number of likely N-dealkylation sites (tertiary alicyclic amines) is 1. The molecule has 0 aromatic heterocycles. The Balaban J connectivity index is 1.75. The maximum Gasteiger partial charge on any atom is 0.123 e. The van der Waals surface area contributed by atoms with Gasteiger partial charge in [-0.25, -0.2) is 4.39 Å². The minimum absolute atomic E-state index is 0.0132. The van der Waals surface area contributed by atoms with Crippen LogP contribution in [0, 0.1) is 5.82 Å². The van der Waals surface area contributed by atoms with E-state index in [9.17, 15) is 4.39 Å². The zero-order valence-corrected chi connectivity index (χ0v) is 11.5. The van der Waals surface area contributed by atoms with E-state index in [1.807, 2.05) is 0 Å². The smallest absolute Gasteiger partial charge is 0.123 e. The number of ether oxygens (including phenoxy) is 1. The highest BCUT2D eigenvalue weighted by Crippen LogP contribution is 2.18. The van der Waals surface area contributed by atoms with Gasteiger partial charge >= 0.3 is 0 Å². The van der Waals surface area contributed by atoms with Gasteiger partial charge in [-0.2, -0.15) is 0 Å². The number of piperidine rings is 1. The molecule has 1 aliphatic rings. The normalized spacial score (nSPS) is 19.5. The van der Waals surface area contributed by atoms with E-state index in [1.54, 1.807) is 19.2 Å². The fourth-order valence-electron chi connectivity index (χ4n) is 2.57. The summed E-state index contributed by atoms with van der Waals surface area (Å²) < 4.78 is 18.2. The quantitative estimate of drug-likeness (QED) is 0.889. The van der Waals surface area contributed by atoms with E-state index in [0.717, 1.165) is 44.5 Å². The average molecular weight is 266 g/mol. The molecule has 0 saturated carbocycles. The first-order valence-electron chi connectivity index (χ1n) is 6.95. The molecule has 1 heterocycles. The summed E-state index contributed by atoms with van der Waals surface area (Å²) in [6, 6.07) is 6.48. The third-order valence-corrected chi connectivity index (χ3v) is 3.92. The van der Waals surface area contributed by atoms with Crippen LogP contribution in [0.3, 0.4) is 0 Å². The van der Waals surface area contributed by atoms with Crippen LogP contribution >= 0.6 is 0 Å². The Morgan fingerprint density at radius 1 is 1.32 bits per heavy atom. The minimum atomic E-state index is -0.211. The molecule has 0 spiro atoms. The van der Waals surface area contributed by atoms with Crippen molar-refractivity contribution in [2.45, 2.75) is 31.4 Å². The van der Waals surface area contributed by atoms with Gasteiger partial charge in [0.15, 0.2) is 0 Å². The third-order valence-electron chi connectivity index (χ3n) is 3.92. The van der Waals surface area contributed by atoms with Gasteiger partial charge in [-0.3, -0.25) is 0 Å². The fourth-order valence-corrected chi connectivity index (χ4v) is 2.57. The zero-order chi connectivity index (χ0) is 13.7. The van der Waals surface area contributed by atoms with Crippen LogP contribution < -0.4 is 5.73 Å². The van der Waals surface area contributed by atoms with Crippen molar-refractivity contribution < 1.29 is 9.13 Å². The molecule has 1 aromatic rings. The van der Waals surface area contributed by atoms with Gasteiger partial charge in [-0.15, -0.1) is 0 Å². The van der Waals surface area contributed by atoms with E-state index < -0.39 is 0 Å². The summed E-state index contributed by atoms with van der Waals surface area (Å²) in [6.07, 6.45) is 3.52. The highest BCUT2D eigenvalue weighted by atomic mass is 19.1. The number of nitrogens with two attached hydrogens (primary N) is 1. The Morgan fingerprint density at radius 3 is 2.53 bits per heavy atom. The van der Waals surface area contributed by atoms with Gasteiger partial charge in [0, 0.05) is 26.2 Å². The zero-order valence-electron chi connectivity index (χ0n) is 11.5. The van der Waals surface area contributed by atoms with Crippen molar-refractivity contribution in [3.63, 3.8) is 0 Å². The van der Waals surface area contributed by atoms with Crippen LogP contribution in [-0.4, -0.2) is 37.7 Å². The van der Waals surface area contributed by atoms with Crippen LogP contribution in [0.5, 0.6) is 0 Å². The second kappa shape index (κ2) is 6.98. The number of halogens is 1. The Hall–Kier alpha value is -0.970. The summed E-state index contributed by atoms with van der Waals surface area (Å²) in [7, 11) is 1.78. The summed E-state index contributed by atoms with van der Waals surface area (Å²) in [5.41, 5.74) is 7.15. The molecule has 1 fully saturated rings. The summed E-state index contributed by atoms with van der Waals surface area (Å²) in [4.78, 5) is 2.43. The van der Waals surface area contributed by atoms with E-state index >= 15 is 0 Å². The lowest BCUT2D eigenvalue weighted by Gasteiger charge is -2.31. The van der Waals surface area contributed by atoms with Crippen LogP contribution in [0.25, 0.3) is 0 Å². The lowest BCUT2D eigenvalue weighted by atomic mass is 10.0. The van der Waals surface area contributed by atoms with Crippen molar-refractivity contribution in [3.8, 4) is 0 Å². The first-order chi connectivity index (χ1) is 9.19. The van der Waals surface area contributed by atoms with Crippen molar-refractivity contribution in [3.05, 3.63) is 35.6 Å². The highest BCUT2D eigenvalue weighted by Gasteiger charge is 2.19. The molecular weight excluding hydrogens is 243 g/mol. The number of methoxy groups -OCH3 is 1. The van der Waals surface area contributed by atoms with E-state index in [2.05, 4.69) is 4.90 Å². The largest absolute Gasteiger partial charge is 0.381 e. The van der Waals surface area contributed by atoms with Gasteiger partial charge in [0.05, 0.1) is 6.10 Å². The fraction of sp³-hybridized carbons (Fsp3) is 0.600. The van der Waals surface area contributed by atoms with Crippen molar-refractivity contribution in [2.75, 3.05) is 26.7 Å². The number of benzene rings is 1. The van der Waals surface area contributed by atoms with Gasteiger partial charge in [0.2, 0.25) is 0 Å². The van der Waals surface area contributed by atoms with Gasteiger partial charge in [-0.05, 0) is 43.5 Å². The van der Waals surface area contributed by atoms with Crippen LogP contribution in [0.2, 0.25) is 0 Å². The van der Waals surface area contributed by atoms with Crippen molar-refractivity contribution in [2.24, 2.45) is 5.73 Å². The van der Waals surface area contributed by atoms with Gasteiger partial charge in [0.25, 0.3) is 0 Å². The molecule has 1 aromatic carbocycles. The maximum absolute atomic E-state index is 12.8. The Kier molecular flexibility index (Phi) is 5.31. The molecule has 106 valence electrons. The molecule has 0 aliphatic carbocycles. The molecular formula is C15H23FN2O. The van der Waals surface area contributed by atoms with Gasteiger partial charge in [0.1, 0.15) is 5.82 Å². The van der Waals surface area contributed by atoms with Crippen LogP contribution in [-0.2, 0) is 4.74 Å². The second-order valence-corrected chi connectivity index (χ2v) is 5.22. The van der Waals surface area contributed by atoms with Crippen LogP contribution in [0.1, 0.15) is 30.9 Å². The van der Waals surface area contributed by atoms with Crippen molar-refractivity contribution >= 4 is 0 Å². The lowest BCUT2D eigenvalue weighted by molar-refractivity contribution is 0.0404. The molecule has 3 nitrogen and oxygen atoms in total. The SMILES string of the molecule is COC1CCN(CCC(N)c2ccc(F)cc2)CC1. The summed E-state index contributed by atoms with van der Waals surface area (Å²) >= 11 is 0. The molecule has 1 atom stereocenters. The predicted molar refractivity (Wildman–Crippen MR) is 74.4 cm³/mol. The van der Waals surface area contributed by atoms with Gasteiger partial charge < -0.3 is 15.4 Å². The predicted octanol–water partition coefficient (Wildman–Crippen LogP) is 2.33. The first kappa shape index (κ1) is 14.4. The average Bonchev–Trinajstić information content (AvgIpc) is 2.46. The Labute approximate surface area is 114 Å². The number of hydrogen-bond acceptors (Lipinski definition) is 3. The van der Waals surface area contributed by atoms with E-state index in [4.69, 9.17) is 10.5 Å². The lowest BCUT2D eigenvalue weighted by Crippen LogP contribution is -2.38. The first-order valence-corrected chi connectivity index (χ1v) is 6.95. The van der Waals surface area contributed by atoms with Gasteiger partial charge in [-0.1, -0.05) is 12.1 Å². The number of nitrogens with zero attached hydrogens (tertiary/aromatic N) is 1. The molecule has 1 unspecified atom stereocenters. The van der Waals surface area contributed by atoms with Crippen molar-refractivity contribution in [1.29, 1.82) is 0 Å². The molecule has 0 radical (unpaired) electrons. The Morgan fingerprint density at radius 2 is 1.95 bits per heavy atom. The van der Waals surface area contributed by atoms with E-state index in [0.29, 0.717) is 6.10 Å². The van der Waals surface area contributed by atoms with Crippen molar-refractivity contribution in [1.82, 2.24) is 4.90 Å². The monoisotopic (exact) mass is 266 g/mol. The molecule has 2 N–H and O–H groups in total. The standard InChI is InChI=1S/C15H23FN2O/c1-19-14-6-9-18(10-7-14)11-8-15(17)12-2-4-13(16)5-3-12/h2-5,14-15H,6-11,17H2,1H3. The summed E-state index contributed by atoms with van der Waals surface area (Å²) in [5.74, 6) is -0.211. The van der Waals surface area contributed by atoms with E-state index in [-0.39, 0.29) is 11.9 Å². The molecule has 4 heteroatoms.